The van der Waals surface area contributed by atoms with Crippen molar-refractivity contribution >= 4 is 33.5 Å². The first-order valence-corrected chi connectivity index (χ1v) is 8.36. The predicted molar refractivity (Wildman–Crippen MR) is 97.2 cm³/mol. The number of hydrogen-bond donors (Lipinski definition) is 1. The summed E-state index contributed by atoms with van der Waals surface area (Å²) in [5, 5.41) is 2.66. The molecule has 0 saturated carbocycles. The number of amides is 1. The largest absolute Gasteiger partial charge is 0.493 e. The van der Waals surface area contributed by atoms with Crippen LogP contribution in [0.25, 0.3) is 0 Å². The van der Waals surface area contributed by atoms with E-state index in [9.17, 15) is 9.59 Å². The Morgan fingerprint density at radius 3 is 2.56 bits per heavy atom. The molecule has 0 aromatic heterocycles. The van der Waals surface area contributed by atoms with Gasteiger partial charge in [-0.15, -0.1) is 0 Å². The second kappa shape index (κ2) is 9.08. The van der Waals surface area contributed by atoms with Crippen molar-refractivity contribution in [2.24, 2.45) is 0 Å². The van der Waals surface area contributed by atoms with Crippen LogP contribution >= 0.6 is 15.9 Å². The third-order valence-electron chi connectivity index (χ3n) is 3.18. The molecule has 0 unspecified atom stereocenters. The van der Waals surface area contributed by atoms with E-state index in [0.29, 0.717) is 23.8 Å². The molecule has 0 aliphatic heterocycles. The van der Waals surface area contributed by atoms with Gasteiger partial charge < -0.3 is 19.5 Å². The minimum absolute atomic E-state index is 0.272. The molecule has 0 heterocycles. The molecule has 2 aromatic carbocycles. The Bertz CT molecular complexity index is 763. The van der Waals surface area contributed by atoms with Gasteiger partial charge in [0.2, 0.25) is 0 Å². The minimum atomic E-state index is -0.622. The Morgan fingerprint density at radius 2 is 1.88 bits per heavy atom. The first kappa shape index (κ1) is 18.8. The Kier molecular flexibility index (Phi) is 6.82. The van der Waals surface area contributed by atoms with Gasteiger partial charge in [-0.25, -0.2) is 4.79 Å². The van der Waals surface area contributed by atoms with Crippen LogP contribution in [-0.2, 0) is 9.53 Å². The van der Waals surface area contributed by atoms with E-state index in [4.69, 9.17) is 14.2 Å². The van der Waals surface area contributed by atoms with Crippen molar-refractivity contribution in [2.75, 3.05) is 25.6 Å². The molecular formula is C18H18BrNO5. The summed E-state index contributed by atoms with van der Waals surface area (Å²) in [5.74, 6) is -0.0936. The number of carbonyl (C=O) groups is 2. The highest BCUT2D eigenvalue weighted by Crippen LogP contribution is 2.28. The summed E-state index contributed by atoms with van der Waals surface area (Å²) in [6.45, 7) is 1.94. The number of halogens is 1. The molecule has 0 saturated heterocycles. The molecule has 0 bridgehead atoms. The average Bonchev–Trinajstić information content (AvgIpc) is 2.62. The fourth-order valence-electron chi connectivity index (χ4n) is 2.03. The lowest BCUT2D eigenvalue weighted by atomic mass is 10.2. The monoisotopic (exact) mass is 407 g/mol. The second-order valence-corrected chi connectivity index (χ2v) is 5.76. The average molecular weight is 408 g/mol. The minimum Gasteiger partial charge on any atom is -0.493 e. The third-order valence-corrected chi connectivity index (χ3v) is 3.87. The van der Waals surface area contributed by atoms with Crippen LogP contribution in [0.4, 0.5) is 5.69 Å². The first-order chi connectivity index (χ1) is 12.0. The SMILES string of the molecule is CCOc1ccc(C(=O)OCC(=O)Nc2ccccc2Br)cc1OC. The van der Waals surface area contributed by atoms with Gasteiger partial charge in [0.05, 0.1) is 25.0 Å². The zero-order valence-electron chi connectivity index (χ0n) is 13.9. The Balaban J connectivity index is 1.95. The van der Waals surface area contributed by atoms with Gasteiger partial charge in [-0.3, -0.25) is 4.79 Å². The standard InChI is InChI=1S/C18H18BrNO5/c1-3-24-15-9-8-12(10-16(15)23-2)18(22)25-11-17(21)20-14-7-5-4-6-13(14)19/h4-10H,3,11H2,1-2H3,(H,20,21). The van der Waals surface area contributed by atoms with Crippen molar-refractivity contribution in [3.05, 3.63) is 52.5 Å². The van der Waals surface area contributed by atoms with E-state index in [1.807, 2.05) is 13.0 Å². The summed E-state index contributed by atoms with van der Waals surface area (Å²) < 4.78 is 16.4. The van der Waals surface area contributed by atoms with Crippen LogP contribution in [0.5, 0.6) is 11.5 Å². The molecule has 6 nitrogen and oxygen atoms in total. The maximum Gasteiger partial charge on any atom is 0.338 e. The molecule has 132 valence electrons. The molecule has 7 heteroatoms. The lowest BCUT2D eigenvalue weighted by Gasteiger charge is -2.11. The van der Waals surface area contributed by atoms with E-state index in [1.165, 1.54) is 13.2 Å². The summed E-state index contributed by atoms with van der Waals surface area (Å²) in [7, 11) is 1.48. The van der Waals surface area contributed by atoms with Crippen LogP contribution < -0.4 is 14.8 Å². The molecular weight excluding hydrogens is 390 g/mol. The highest BCUT2D eigenvalue weighted by atomic mass is 79.9. The lowest BCUT2D eigenvalue weighted by molar-refractivity contribution is -0.119. The summed E-state index contributed by atoms with van der Waals surface area (Å²) in [6, 6.07) is 11.9. The van der Waals surface area contributed by atoms with Crippen LogP contribution in [0.3, 0.4) is 0 Å². The number of carbonyl (C=O) groups excluding carboxylic acids is 2. The van der Waals surface area contributed by atoms with Crippen molar-refractivity contribution < 1.29 is 23.8 Å². The number of anilines is 1. The molecule has 1 N–H and O–H groups in total. The van der Waals surface area contributed by atoms with Gasteiger partial charge in [-0.2, -0.15) is 0 Å². The number of hydrogen-bond acceptors (Lipinski definition) is 5. The van der Waals surface area contributed by atoms with Crippen LogP contribution in [0.1, 0.15) is 17.3 Å². The molecule has 0 fully saturated rings. The van der Waals surface area contributed by atoms with E-state index in [2.05, 4.69) is 21.2 Å². The predicted octanol–water partition coefficient (Wildman–Crippen LogP) is 3.65. The first-order valence-electron chi connectivity index (χ1n) is 7.57. The Morgan fingerprint density at radius 1 is 1.12 bits per heavy atom. The van der Waals surface area contributed by atoms with Crippen molar-refractivity contribution in [1.82, 2.24) is 0 Å². The summed E-state index contributed by atoms with van der Waals surface area (Å²) in [6.07, 6.45) is 0. The number of rotatable bonds is 7. The maximum absolute atomic E-state index is 12.1. The van der Waals surface area contributed by atoms with Gasteiger partial charge in [-0.1, -0.05) is 12.1 Å². The molecule has 2 rings (SSSR count). The van der Waals surface area contributed by atoms with Gasteiger partial charge in [-0.05, 0) is 53.2 Å². The third kappa shape index (κ3) is 5.22. The smallest absolute Gasteiger partial charge is 0.338 e. The van der Waals surface area contributed by atoms with Crippen LogP contribution in [0.2, 0.25) is 0 Å². The second-order valence-electron chi connectivity index (χ2n) is 4.90. The zero-order chi connectivity index (χ0) is 18.2. The lowest BCUT2D eigenvalue weighted by Crippen LogP contribution is -2.21. The van der Waals surface area contributed by atoms with Crippen molar-refractivity contribution in [3.63, 3.8) is 0 Å². The van der Waals surface area contributed by atoms with Crippen LogP contribution in [0, 0.1) is 0 Å². The van der Waals surface area contributed by atoms with E-state index in [1.54, 1.807) is 30.3 Å². The number of esters is 1. The Labute approximate surface area is 154 Å². The van der Waals surface area contributed by atoms with E-state index >= 15 is 0 Å². The molecule has 0 aliphatic carbocycles. The number of ether oxygens (including phenoxy) is 3. The zero-order valence-corrected chi connectivity index (χ0v) is 15.5. The molecule has 0 aliphatic rings. The molecule has 0 atom stereocenters. The molecule has 2 aromatic rings. The summed E-state index contributed by atoms with van der Waals surface area (Å²) in [5.41, 5.74) is 0.875. The molecule has 0 spiro atoms. The quantitative estimate of drug-likeness (QED) is 0.708. The summed E-state index contributed by atoms with van der Waals surface area (Å²) >= 11 is 3.33. The molecule has 0 radical (unpaired) electrons. The van der Waals surface area contributed by atoms with Crippen molar-refractivity contribution in [1.29, 1.82) is 0 Å². The van der Waals surface area contributed by atoms with Gasteiger partial charge in [0.15, 0.2) is 18.1 Å². The van der Waals surface area contributed by atoms with Gasteiger partial charge in [0.1, 0.15) is 0 Å². The highest BCUT2D eigenvalue weighted by molar-refractivity contribution is 9.10. The van der Waals surface area contributed by atoms with Crippen molar-refractivity contribution in [2.45, 2.75) is 6.92 Å². The fraction of sp³-hybridized carbons (Fsp3) is 0.222. The maximum atomic E-state index is 12.1. The number of nitrogens with one attached hydrogen (secondary N) is 1. The number of benzene rings is 2. The molecule has 1 amide bonds. The van der Waals surface area contributed by atoms with E-state index < -0.39 is 18.5 Å². The van der Waals surface area contributed by atoms with Crippen LogP contribution in [-0.4, -0.2) is 32.2 Å². The highest BCUT2D eigenvalue weighted by Gasteiger charge is 2.14. The topological polar surface area (TPSA) is 73.9 Å². The number of methoxy groups -OCH3 is 1. The Hall–Kier alpha value is -2.54. The summed E-state index contributed by atoms with van der Waals surface area (Å²) in [4.78, 5) is 24.0. The van der Waals surface area contributed by atoms with E-state index in [0.717, 1.165) is 4.47 Å². The van der Waals surface area contributed by atoms with E-state index in [-0.39, 0.29) is 5.56 Å². The fourth-order valence-corrected chi connectivity index (χ4v) is 2.42. The number of para-hydroxylation sites is 1. The molecule has 25 heavy (non-hydrogen) atoms. The normalized spacial score (nSPS) is 10.0. The van der Waals surface area contributed by atoms with Crippen molar-refractivity contribution in [3.8, 4) is 11.5 Å². The van der Waals surface area contributed by atoms with Gasteiger partial charge in [0, 0.05) is 4.47 Å². The van der Waals surface area contributed by atoms with Crippen LogP contribution in [0.15, 0.2) is 46.9 Å². The van der Waals surface area contributed by atoms with Gasteiger partial charge >= 0.3 is 5.97 Å². The van der Waals surface area contributed by atoms with Gasteiger partial charge in [0.25, 0.3) is 5.91 Å².